The predicted octanol–water partition coefficient (Wildman–Crippen LogP) is 2.79. The van der Waals surface area contributed by atoms with Gasteiger partial charge < -0.3 is 5.32 Å². The number of nitro groups is 1. The molecule has 16 heavy (non-hydrogen) atoms. The van der Waals surface area contributed by atoms with Crippen molar-refractivity contribution in [3.63, 3.8) is 0 Å². The van der Waals surface area contributed by atoms with Crippen molar-refractivity contribution in [2.45, 2.75) is 26.3 Å². The molecule has 4 nitrogen and oxygen atoms in total. The van der Waals surface area contributed by atoms with E-state index in [1.165, 1.54) is 12.1 Å². The Labute approximate surface area is 99.8 Å². The molecule has 0 heterocycles. The third-order valence-electron chi connectivity index (χ3n) is 2.33. The van der Waals surface area contributed by atoms with Crippen molar-refractivity contribution >= 4 is 17.3 Å². The highest BCUT2D eigenvalue weighted by Crippen LogP contribution is 2.23. The van der Waals surface area contributed by atoms with Crippen LogP contribution < -0.4 is 5.32 Å². The minimum Gasteiger partial charge on any atom is -0.314 e. The molecule has 1 atom stereocenters. The maximum Gasteiger partial charge on any atom is 0.270 e. The molecular weight excluding hydrogens is 228 g/mol. The Hall–Kier alpha value is -1.13. The zero-order valence-electron chi connectivity index (χ0n) is 9.37. The van der Waals surface area contributed by atoms with Crippen LogP contribution in [0, 0.1) is 10.1 Å². The number of halogens is 1. The molecule has 1 aromatic rings. The van der Waals surface area contributed by atoms with E-state index in [4.69, 9.17) is 11.6 Å². The highest BCUT2D eigenvalue weighted by molar-refractivity contribution is 6.31. The topological polar surface area (TPSA) is 55.2 Å². The van der Waals surface area contributed by atoms with E-state index in [1.807, 2.05) is 6.92 Å². The van der Waals surface area contributed by atoms with Crippen LogP contribution in [0.25, 0.3) is 0 Å². The molecule has 88 valence electrons. The first-order valence-electron chi connectivity index (χ1n) is 5.20. The summed E-state index contributed by atoms with van der Waals surface area (Å²) < 4.78 is 0. The monoisotopic (exact) mass is 242 g/mol. The molecule has 1 unspecified atom stereocenters. The van der Waals surface area contributed by atoms with Crippen molar-refractivity contribution in [2.75, 3.05) is 6.54 Å². The number of nitro benzene ring substituents is 1. The second-order valence-corrected chi connectivity index (χ2v) is 4.10. The van der Waals surface area contributed by atoms with Gasteiger partial charge in [0.1, 0.15) is 0 Å². The SMILES string of the molecule is CCNC(C)Cc1ccc([N+](=O)[O-])cc1Cl. The van der Waals surface area contributed by atoms with Crippen LogP contribution in [0.5, 0.6) is 0 Å². The lowest BCUT2D eigenvalue weighted by molar-refractivity contribution is -0.384. The molecule has 0 aromatic heterocycles. The third kappa shape index (κ3) is 3.47. The summed E-state index contributed by atoms with van der Waals surface area (Å²) in [6.45, 7) is 4.99. The van der Waals surface area contributed by atoms with Crippen LogP contribution in [0.1, 0.15) is 19.4 Å². The second-order valence-electron chi connectivity index (χ2n) is 3.70. The maximum atomic E-state index is 10.5. The van der Waals surface area contributed by atoms with Gasteiger partial charge in [0.15, 0.2) is 0 Å². The highest BCUT2D eigenvalue weighted by atomic mass is 35.5. The normalized spacial score (nSPS) is 12.4. The molecule has 0 fully saturated rings. The van der Waals surface area contributed by atoms with E-state index in [-0.39, 0.29) is 5.69 Å². The van der Waals surface area contributed by atoms with Crippen molar-refractivity contribution in [1.82, 2.24) is 5.32 Å². The van der Waals surface area contributed by atoms with E-state index >= 15 is 0 Å². The average Bonchev–Trinajstić information content (AvgIpc) is 2.21. The fraction of sp³-hybridized carbons (Fsp3) is 0.455. The van der Waals surface area contributed by atoms with Crippen molar-refractivity contribution < 1.29 is 4.92 Å². The van der Waals surface area contributed by atoms with E-state index in [9.17, 15) is 10.1 Å². The zero-order chi connectivity index (χ0) is 12.1. The molecule has 5 heteroatoms. The first-order chi connectivity index (χ1) is 7.54. The summed E-state index contributed by atoms with van der Waals surface area (Å²) in [6, 6.07) is 4.91. The summed E-state index contributed by atoms with van der Waals surface area (Å²) in [5.74, 6) is 0. The lowest BCUT2D eigenvalue weighted by Crippen LogP contribution is -2.27. The zero-order valence-corrected chi connectivity index (χ0v) is 10.1. The first-order valence-corrected chi connectivity index (χ1v) is 5.58. The summed E-state index contributed by atoms with van der Waals surface area (Å²) in [5.41, 5.74) is 0.963. The molecule has 0 spiro atoms. The van der Waals surface area contributed by atoms with Crippen LogP contribution in [-0.2, 0) is 6.42 Å². The van der Waals surface area contributed by atoms with Crippen molar-refractivity contribution in [3.05, 3.63) is 38.9 Å². The molecular formula is C11H15ClN2O2. The van der Waals surface area contributed by atoms with E-state index in [0.29, 0.717) is 11.1 Å². The molecule has 1 N–H and O–H groups in total. The van der Waals surface area contributed by atoms with E-state index in [0.717, 1.165) is 18.5 Å². The van der Waals surface area contributed by atoms with Gasteiger partial charge in [-0.3, -0.25) is 10.1 Å². The Bertz CT molecular complexity index is 382. The smallest absolute Gasteiger partial charge is 0.270 e. The van der Waals surface area contributed by atoms with Crippen LogP contribution in [-0.4, -0.2) is 17.5 Å². The van der Waals surface area contributed by atoms with E-state index in [1.54, 1.807) is 6.07 Å². The molecule has 1 aromatic carbocycles. The minimum atomic E-state index is -0.441. The minimum absolute atomic E-state index is 0.0323. The summed E-state index contributed by atoms with van der Waals surface area (Å²) >= 11 is 5.99. The lowest BCUT2D eigenvalue weighted by atomic mass is 10.1. The number of rotatable bonds is 5. The van der Waals surface area contributed by atoms with Gasteiger partial charge in [-0.25, -0.2) is 0 Å². The number of likely N-dealkylation sites (N-methyl/N-ethyl adjacent to an activating group) is 1. The Kier molecular flexibility index (Phi) is 4.71. The summed E-state index contributed by atoms with van der Waals surface area (Å²) in [6.07, 6.45) is 0.769. The molecule has 0 aliphatic heterocycles. The number of hydrogen-bond donors (Lipinski definition) is 1. The third-order valence-corrected chi connectivity index (χ3v) is 2.68. The van der Waals surface area contributed by atoms with Crippen molar-refractivity contribution in [1.29, 1.82) is 0 Å². The summed E-state index contributed by atoms with van der Waals surface area (Å²) in [4.78, 5) is 10.1. The fourth-order valence-corrected chi connectivity index (χ4v) is 1.82. The second kappa shape index (κ2) is 5.82. The van der Waals surface area contributed by atoms with Gasteiger partial charge in [-0.1, -0.05) is 24.6 Å². The molecule has 0 aliphatic carbocycles. The van der Waals surface area contributed by atoms with Crippen molar-refractivity contribution in [2.24, 2.45) is 0 Å². The van der Waals surface area contributed by atoms with Gasteiger partial charge in [-0.05, 0) is 25.5 Å². The van der Waals surface area contributed by atoms with Gasteiger partial charge in [-0.2, -0.15) is 0 Å². The van der Waals surface area contributed by atoms with E-state index in [2.05, 4.69) is 12.2 Å². The van der Waals surface area contributed by atoms with Gasteiger partial charge in [0, 0.05) is 18.2 Å². The number of hydrogen-bond acceptors (Lipinski definition) is 3. The predicted molar refractivity (Wildman–Crippen MR) is 64.9 cm³/mol. The Balaban J connectivity index is 2.79. The Morgan fingerprint density at radius 3 is 2.75 bits per heavy atom. The number of nitrogens with zero attached hydrogens (tertiary/aromatic N) is 1. The van der Waals surface area contributed by atoms with E-state index < -0.39 is 4.92 Å². The molecule has 0 saturated heterocycles. The first kappa shape index (κ1) is 12.9. The molecule has 1 rings (SSSR count). The number of benzene rings is 1. The Morgan fingerprint density at radius 2 is 2.25 bits per heavy atom. The van der Waals surface area contributed by atoms with Crippen LogP contribution in [0.15, 0.2) is 18.2 Å². The fourth-order valence-electron chi connectivity index (χ4n) is 1.57. The molecule has 0 radical (unpaired) electrons. The van der Waals surface area contributed by atoms with Gasteiger partial charge in [0.2, 0.25) is 0 Å². The van der Waals surface area contributed by atoms with Gasteiger partial charge >= 0.3 is 0 Å². The highest BCUT2D eigenvalue weighted by Gasteiger charge is 2.11. The van der Waals surface area contributed by atoms with Crippen molar-refractivity contribution in [3.8, 4) is 0 Å². The molecule has 0 aliphatic rings. The quantitative estimate of drug-likeness (QED) is 0.638. The Morgan fingerprint density at radius 1 is 1.56 bits per heavy atom. The van der Waals surface area contributed by atoms with Crippen LogP contribution >= 0.6 is 11.6 Å². The lowest BCUT2D eigenvalue weighted by Gasteiger charge is -2.12. The standard InChI is InChI=1S/C11H15ClN2O2/c1-3-13-8(2)6-9-4-5-10(14(15)16)7-11(9)12/h4-5,7-8,13H,3,6H2,1-2H3. The number of nitrogens with one attached hydrogen (secondary N) is 1. The molecule has 0 saturated carbocycles. The summed E-state index contributed by atoms with van der Waals surface area (Å²) in [5, 5.41) is 14.2. The van der Waals surface area contributed by atoms with Gasteiger partial charge in [0.25, 0.3) is 5.69 Å². The largest absolute Gasteiger partial charge is 0.314 e. The van der Waals surface area contributed by atoms with Crippen LogP contribution in [0.4, 0.5) is 5.69 Å². The number of non-ortho nitro benzene ring substituents is 1. The van der Waals surface area contributed by atoms with Crippen LogP contribution in [0.3, 0.4) is 0 Å². The molecule has 0 bridgehead atoms. The van der Waals surface area contributed by atoms with Crippen LogP contribution in [0.2, 0.25) is 5.02 Å². The average molecular weight is 243 g/mol. The van der Waals surface area contributed by atoms with Gasteiger partial charge in [0.05, 0.1) is 9.95 Å². The summed E-state index contributed by atoms with van der Waals surface area (Å²) in [7, 11) is 0. The molecule has 0 amide bonds. The maximum absolute atomic E-state index is 10.5. The van der Waals surface area contributed by atoms with Gasteiger partial charge in [-0.15, -0.1) is 0 Å².